The molecule has 0 N–H and O–H groups in total. The van der Waals surface area contributed by atoms with Gasteiger partial charge in [0.2, 0.25) is 0 Å². The zero-order valence-electron chi connectivity index (χ0n) is 26.8. The van der Waals surface area contributed by atoms with Gasteiger partial charge in [-0.15, -0.1) is 0 Å². The average Bonchev–Trinajstić information content (AvgIpc) is 3.01. The standard InChI is InChI=1S/C36H51BN2O3/c1-7-10-24-39(6)26-29-42-37(41-27-8-2)33-20-16-31(17-21-33)36(35(9-3)30-14-12-11-13-15-30)32-18-22-34(23-19-32)40-28-25-38(4)5/h11-23H,7-10,24-29H2,1-6H3. The Bertz CT molecular complexity index is 1180. The Balaban J connectivity index is 1.89. The molecule has 0 fully saturated rings. The zero-order chi connectivity index (χ0) is 30.2. The Morgan fingerprint density at radius 2 is 1.29 bits per heavy atom. The maximum Gasteiger partial charge on any atom is 0.493 e. The minimum absolute atomic E-state index is 0.371. The summed E-state index contributed by atoms with van der Waals surface area (Å²) in [5.74, 6) is 0.890. The van der Waals surface area contributed by atoms with Gasteiger partial charge in [0, 0.05) is 26.3 Å². The van der Waals surface area contributed by atoms with Crippen LogP contribution in [-0.2, 0) is 9.31 Å². The molecule has 0 heterocycles. The van der Waals surface area contributed by atoms with Crippen molar-refractivity contribution < 1.29 is 14.0 Å². The van der Waals surface area contributed by atoms with Crippen molar-refractivity contribution >= 4 is 23.7 Å². The lowest BCUT2D eigenvalue weighted by atomic mass is 9.77. The molecule has 3 rings (SSSR count). The van der Waals surface area contributed by atoms with E-state index in [4.69, 9.17) is 14.0 Å². The Kier molecular flexibility index (Phi) is 14.9. The largest absolute Gasteiger partial charge is 0.493 e. The highest BCUT2D eigenvalue weighted by atomic mass is 16.6. The Hall–Kier alpha value is -2.90. The van der Waals surface area contributed by atoms with E-state index in [9.17, 15) is 0 Å². The fourth-order valence-electron chi connectivity index (χ4n) is 4.87. The number of hydrogen-bond donors (Lipinski definition) is 0. The van der Waals surface area contributed by atoms with Crippen molar-refractivity contribution in [2.75, 3.05) is 60.6 Å². The molecule has 0 atom stereocenters. The maximum atomic E-state index is 6.27. The number of hydrogen-bond acceptors (Lipinski definition) is 5. The minimum Gasteiger partial charge on any atom is -0.492 e. The molecule has 0 unspecified atom stereocenters. The first kappa shape index (κ1) is 33.6. The Labute approximate surface area is 255 Å². The molecule has 0 spiro atoms. The molecule has 0 amide bonds. The second-order valence-corrected chi connectivity index (χ2v) is 11.1. The van der Waals surface area contributed by atoms with Crippen molar-refractivity contribution in [3.63, 3.8) is 0 Å². The molecule has 0 saturated heterocycles. The highest BCUT2D eigenvalue weighted by Gasteiger charge is 2.22. The number of rotatable bonds is 19. The topological polar surface area (TPSA) is 34.2 Å². The molecule has 0 radical (unpaired) electrons. The van der Waals surface area contributed by atoms with Crippen LogP contribution in [0, 0.1) is 0 Å². The van der Waals surface area contributed by atoms with E-state index < -0.39 is 0 Å². The molecule has 226 valence electrons. The third-order valence-electron chi connectivity index (χ3n) is 7.31. The summed E-state index contributed by atoms with van der Waals surface area (Å²) >= 11 is 0. The van der Waals surface area contributed by atoms with E-state index in [1.54, 1.807) is 0 Å². The summed E-state index contributed by atoms with van der Waals surface area (Å²) in [4.78, 5) is 4.45. The minimum atomic E-state index is -0.371. The highest BCUT2D eigenvalue weighted by Crippen LogP contribution is 2.34. The van der Waals surface area contributed by atoms with Gasteiger partial charge < -0.3 is 23.8 Å². The van der Waals surface area contributed by atoms with Gasteiger partial charge in [0.05, 0.1) is 0 Å². The fourth-order valence-corrected chi connectivity index (χ4v) is 4.87. The van der Waals surface area contributed by atoms with Crippen LogP contribution in [0.25, 0.3) is 11.1 Å². The van der Waals surface area contributed by atoms with E-state index in [-0.39, 0.29) is 7.12 Å². The summed E-state index contributed by atoms with van der Waals surface area (Å²) in [5, 5.41) is 0. The quantitative estimate of drug-likeness (QED) is 0.116. The van der Waals surface area contributed by atoms with Crippen molar-refractivity contribution in [3.05, 3.63) is 95.6 Å². The van der Waals surface area contributed by atoms with E-state index in [0.717, 1.165) is 43.7 Å². The smallest absolute Gasteiger partial charge is 0.492 e. The molecule has 0 aliphatic heterocycles. The van der Waals surface area contributed by atoms with Crippen LogP contribution in [0.3, 0.4) is 0 Å². The number of allylic oxidation sites excluding steroid dienone is 1. The van der Waals surface area contributed by atoms with Gasteiger partial charge in [-0.05, 0) is 92.4 Å². The van der Waals surface area contributed by atoms with E-state index >= 15 is 0 Å². The van der Waals surface area contributed by atoms with Gasteiger partial charge in [0.1, 0.15) is 12.4 Å². The summed E-state index contributed by atoms with van der Waals surface area (Å²) in [6.45, 7) is 11.4. The van der Waals surface area contributed by atoms with Crippen LogP contribution in [0.15, 0.2) is 78.9 Å². The van der Waals surface area contributed by atoms with E-state index in [0.29, 0.717) is 19.8 Å². The van der Waals surface area contributed by atoms with Gasteiger partial charge in [-0.2, -0.15) is 0 Å². The molecule has 0 aliphatic rings. The lowest BCUT2D eigenvalue weighted by Gasteiger charge is -2.20. The van der Waals surface area contributed by atoms with E-state index in [2.05, 4.69) is 131 Å². The van der Waals surface area contributed by atoms with Crippen molar-refractivity contribution in [3.8, 4) is 5.75 Å². The maximum absolute atomic E-state index is 6.27. The molecular formula is C36H51BN2O3. The normalized spacial score (nSPS) is 12.1. The van der Waals surface area contributed by atoms with Gasteiger partial charge in [0.25, 0.3) is 0 Å². The monoisotopic (exact) mass is 570 g/mol. The van der Waals surface area contributed by atoms with Crippen LogP contribution in [0.2, 0.25) is 0 Å². The number of nitrogens with zero attached hydrogens (tertiary/aromatic N) is 2. The predicted octanol–water partition coefficient (Wildman–Crippen LogP) is 6.87. The summed E-state index contributed by atoms with van der Waals surface area (Å²) in [5.41, 5.74) is 7.19. The fraction of sp³-hybridized carbons (Fsp3) is 0.444. The van der Waals surface area contributed by atoms with Crippen molar-refractivity contribution in [1.82, 2.24) is 9.80 Å². The lowest BCUT2D eigenvalue weighted by Crippen LogP contribution is -2.39. The highest BCUT2D eigenvalue weighted by molar-refractivity contribution is 6.61. The van der Waals surface area contributed by atoms with Gasteiger partial charge in [-0.3, -0.25) is 0 Å². The zero-order valence-corrected chi connectivity index (χ0v) is 26.8. The third kappa shape index (κ3) is 10.7. The van der Waals surface area contributed by atoms with Crippen LogP contribution < -0.4 is 10.2 Å². The molecule has 3 aromatic rings. The summed E-state index contributed by atoms with van der Waals surface area (Å²) in [6.07, 6.45) is 4.28. The van der Waals surface area contributed by atoms with Crippen LogP contribution in [0.5, 0.6) is 5.75 Å². The van der Waals surface area contributed by atoms with E-state index in [1.165, 1.54) is 40.7 Å². The van der Waals surface area contributed by atoms with Crippen LogP contribution in [-0.4, -0.2) is 77.5 Å². The van der Waals surface area contributed by atoms with Gasteiger partial charge in [0.15, 0.2) is 0 Å². The molecule has 6 heteroatoms. The van der Waals surface area contributed by atoms with Crippen LogP contribution in [0.1, 0.15) is 63.1 Å². The number of likely N-dealkylation sites (N-methyl/N-ethyl adjacent to an activating group) is 2. The molecule has 3 aromatic carbocycles. The molecule has 0 saturated carbocycles. The van der Waals surface area contributed by atoms with Gasteiger partial charge in [-0.25, -0.2) is 0 Å². The number of unbranched alkanes of at least 4 members (excludes halogenated alkanes) is 1. The lowest BCUT2D eigenvalue weighted by molar-refractivity contribution is 0.181. The summed E-state index contributed by atoms with van der Waals surface area (Å²) < 4.78 is 18.4. The van der Waals surface area contributed by atoms with Crippen molar-refractivity contribution in [2.45, 2.75) is 46.5 Å². The van der Waals surface area contributed by atoms with Crippen LogP contribution >= 0.6 is 0 Å². The first-order valence-electron chi connectivity index (χ1n) is 15.6. The number of benzene rings is 3. The van der Waals surface area contributed by atoms with Gasteiger partial charge in [-0.1, -0.05) is 93.9 Å². The van der Waals surface area contributed by atoms with Crippen molar-refractivity contribution in [2.24, 2.45) is 0 Å². The third-order valence-corrected chi connectivity index (χ3v) is 7.31. The van der Waals surface area contributed by atoms with E-state index in [1.807, 2.05) is 0 Å². The summed E-state index contributed by atoms with van der Waals surface area (Å²) in [6, 6.07) is 28.0. The molecule has 0 aromatic heterocycles. The predicted molar refractivity (Wildman–Crippen MR) is 180 cm³/mol. The molecule has 0 aliphatic carbocycles. The summed E-state index contributed by atoms with van der Waals surface area (Å²) in [7, 11) is 5.90. The molecular weight excluding hydrogens is 519 g/mol. The molecule has 0 bridgehead atoms. The molecule has 5 nitrogen and oxygen atoms in total. The van der Waals surface area contributed by atoms with Gasteiger partial charge >= 0.3 is 7.12 Å². The second-order valence-electron chi connectivity index (χ2n) is 11.1. The average molecular weight is 571 g/mol. The number of ether oxygens (including phenoxy) is 1. The SMILES string of the molecule is CCCCN(C)CCOB(OCCC)c1ccc(C(=C(CC)c2ccccc2)c2ccc(OCCN(C)C)cc2)cc1. The first-order chi connectivity index (χ1) is 20.5. The first-order valence-corrected chi connectivity index (χ1v) is 15.6. The Morgan fingerprint density at radius 1 is 0.643 bits per heavy atom. The molecule has 42 heavy (non-hydrogen) atoms. The van der Waals surface area contributed by atoms with Crippen molar-refractivity contribution in [1.29, 1.82) is 0 Å². The van der Waals surface area contributed by atoms with Crippen LogP contribution in [0.4, 0.5) is 0 Å². The Morgan fingerprint density at radius 3 is 1.88 bits per heavy atom. The second kappa shape index (κ2) is 18.6.